The Kier molecular flexibility index (Phi) is 6.39. The number of nitrogens with zero attached hydrogens (tertiary/aromatic N) is 3. The number of benzene rings is 1. The Hall–Kier alpha value is -1.95. The topological polar surface area (TPSA) is 56.3 Å². The molecule has 1 aromatic carbocycles. The Morgan fingerprint density at radius 3 is 2.28 bits per heavy atom. The lowest BCUT2D eigenvalue weighted by Gasteiger charge is -2.34. The summed E-state index contributed by atoms with van der Waals surface area (Å²) in [6.45, 7) is 6.96. The number of carbonyl (C=O) groups is 1. The zero-order chi connectivity index (χ0) is 17.5. The van der Waals surface area contributed by atoms with Crippen molar-refractivity contribution in [3.05, 3.63) is 24.3 Å². The fourth-order valence-electron chi connectivity index (χ4n) is 3.57. The van der Waals surface area contributed by atoms with Gasteiger partial charge in [-0.3, -0.25) is 0 Å². The van der Waals surface area contributed by atoms with E-state index in [9.17, 15) is 4.79 Å². The summed E-state index contributed by atoms with van der Waals surface area (Å²) in [4.78, 5) is 17.2. The monoisotopic (exact) mass is 347 g/mol. The molecule has 2 saturated heterocycles. The summed E-state index contributed by atoms with van der Waals surface area (Å²) in [7, 11) is 0. The minimum absolute atomic E-state index is 0.560. The van der Waals surface area contributed by atoms with Crippen molar-refractivity contribution < 1.29 is 14.6 Å². The van der Waals surface area contributed by atoms with Crippen molar-refractivity contribution in [1.82, 2.24) is 9.80 Å². The highest BCUT2D eigenvalue weighted by atomic mass is 16.5. The maximum atomic E-state index is 11.0. The second-order valence-electron chi connectivity index (χ2n) is 6.85. The minimum Gasteiger partial charge on any atom is -0.494 e. The van der Waals surface area contributed by atoms with Gasteiger partial charge >= 0.3 is 6.09 Å². The molecule has 2 fully saturated rings. The van der Waals surface area contributed by atoms with E-state index < -0.39 is 6.09 Å². The molecule has 25 heavy (non-hydrogen) atoms. The molecular formula is C19H29N3O3. The molecular weight excluding hydrogens is 318 g/mol. The molecule has 0 spiro atoms. The minimum atomic E-state index is -0.826. The fourth-order valence-corrected chi connectivity index (χ4v) is 3.57. The number of anilines is 1. The van der Waals surface area contributed by atoms with Gasteiger partial charge in [0.1, 0.15) is 5.75 Å². The third kappa shape index (κ3) is 5.26. The molecule has 2 aliphatic rings. The standard InChI is InChI=1S/C19H29N3O3/c23-19(24)22-14-12-21(13-15-22)17-5-7-18(8-6-17)25-16-4-11-20-9-2-1-3-10-20/h5-8H,1-4,9-16H2,(H,23,24). The van der Waals surface area contributed by atoms with Crippen LogP contribution in [0.5, 0.6) is 5.75 Å². The number of carboxylic acid groups (broad SMARTS) is 1. The molecule has 138 valence electrons. The summed E-state index contributed by atoms with van der Waals surface area (Å²) in [5.74, 6) is 0.909. The first-order valence-electron chi connectivity index (χ1n) is 9.40. The first-order valence-corrected chi connectivity index (χ1v) is 9.40. The number of amides is 1. The van der Waals surface area contributed by atoms with Gasteiger partial charge in [0, 0.05) is 38.4 Å². The molecule has 2 aliphatic heterocycles. The molecule has 1 amide bonds. The van der Waals surface area contributed by atoms with Crippen LogP contribution >= 0.6 is 0 Å². The Balaban J connectivity index is 1.38. The van der Waals surface area contributed by atoms with Crippen LogP contribution in [0.2, 0.25) is 0 Å². The van der Waals surface area contributed by atoms with Gasteiger partial charge in [-0.2, -0.15) is 0 Å². The molecule has 0 aliphatic carbocycles. The molecule has 0 aromatic heterocycles. The van der Waals surface area contributed by atoms with Crippen molar-refractivity contribution in [2.75, 3.05) is 57.3 Å². The molecule has 0 bridgehead atoms. The van der Waals surface area contributed by atoms with E-state index in [1.54, 1.807) is 0 Å². The average Bonchev–Trinajstić information content (AvgIpc) is 2.67. The number of rotatable bonds is 6. The number of likely N-dealkylation sites (tertiary alicyclic amines) is 1. The van der Waals surface area contributed by atoms with Crippen molar-refractivity contribution in [3.63, 3.8) is 0 Å². The Morgan fingerprint density at radius 1 is 0.960 bits per heavy atom. The average molecular weight is 347 g/mol. The van der Waals surface area contributed by atoms with Gasteiger partial charge in [-0.05, 0) is 56.6 Å². The summed E-state index contributed by atoms with van der Waals surface area (Å²) < 4.78 is 5.86. The molecule has 0 atom stereocenters. The first kappa shape index (κ1) is 17.9. The van der Waals surface area contributed by atoms with Crippen LogP contribution in [0.25, 0.3) is 0 Å². The highest BCUT2D eigenvalue weighted by molar-refractivity contribution is 5.65. The second kappa shape index (κ2) is 8.94. The number of piperazine rings is 1. The van der Waals surface area contributed by atoms with E-state index >= 15 is 0 Å². The molecule has 0 saturated carbocycles. The summed E-state index contributed by atoms with van der Waals surface area (Å²) >= 11 is 0. The zero-order valence-electron chi connectivity index (χ0n) is 14.9. The first-order chi connectivity index (χ1) is 12.2. The van der Waals surface area contributed by atoms with E-state index in [1.807, 2.05) is 12.1 Å². The molecule has 1 aromatic rings. The Labute approximate surface area is 150 Å². The van der Waals surface area contributed by atoms with Gasteiger partial charge in [-0.25, -0.2) is 4.79 Å². The van der Waals surface area contributed by atoms with E-state index in [2.05, 4.69) is 21.9 Å². The van der Waals surface area contributed by atoms with Crippen molar-refractivity contribution in [3.8, 4) is 5.75 Å². The molecule has 3 rings (SSSR count). The molecule has 2 heterocycles. The summed E-state index contributed by atoms with van der Waals surface area (Å²) in [5, 5.41) is 9.01. The van der Waals surface area contributed by atoms with Gasteiger partial charge in [0.25, 0.3) is 0 Å². The third-order valence-corrected chi connectivity index (χ3v) is 5.09. The van der Waals surface area contributed by atoms with E-state index in [1.165, 1.54) is 37.3 Å². The molecule has 6 nitrogen and oxygen atoms in total. The van der Waals surface area contributed by atoms with Gasteiger partial charge < -0.3 is 24.5 Å². The number of hydrogen-bond donors (Lipinski definition) is 1. The lowest BCUT2D eigenvalue weighted by Crippen LogP contribution is -2.48. The number of piperidine rings is 1. The summed E-state index contributed by atoms with van der Waals surface area (Å²) in [6, 6.07) is 8.16. The van der Waals surface area contributed by atoms with Gasteiger partial charge in [-0.1, -0.05) is 6.42 Å². The largest absolute Gasteiger partial charge is 0.494 e. The van der Waals surface area contributed by atoms with Crippen LogP contribution in [0.1, 0.15) is 25.7 Å². The van der Waals surface area contributed by atoms with Crippen molar-refractivity contribution >= 4 is 11.8 Å². The van der Waals surface area contributed by atoms with Crippen LogP contribution < -0.4 is 9.64 Å². The second-order valence-corrected chi connectivity index (χ2v) is 6.85. The van der Waals surface area contributed by atoms with E-state index in [4.69, 9.17) is 9.84 Å². The Morgan fingerprint density at radius 2 is 1.64 bits per heavy atom. The van der Waals surface area contributed by atoms with Gasteiger partial charge in [0.05, 0.1) is 6.61 Å². The SMILES string of the molecule is O=C(O)N1CCN(c2ccc(OCCCN3CCCCC3)cc2)CC1. The normalized spacial score (nSPS) is 19.0. The van der Waals surface area contributed by atoms with Gasteiger partial charge in [-0.15, -0.1) is 0 Å². The predicted molar refractivity (Wildman–Crippen MR) is 98.7 cm³/mol. The van der Waals surface area contributed by atoms with Crippen molar-refractivity contribution in [1.29, 1.82) is 0 Å². The van der Waals surface area contributed by atoms with Crippen LogP contribution in [0.4, 0.5) is 10.5 Å². The van der Waals surface area contributed by atoms with Crippen LogP contribution in [-0.4, -0.2) is 73.4 Å². The smallest absolute Gasteiger partial charge is 0.407 e. The van der Waals surface area contributed by atoms with Gasteiger partial charge in [0.2, 0.25) is 0 Å². The quantitative estimate of drug-likeness (QED) is 0.802. The maximum absolute atomic E-state index is 11.0. The lowest BCUT2D eigenvalue weighted by atomic mass is 10.1. The van der Waals surface area contributed by atoms with Gasteiger partial charge in [0.15, 0.2) is 0 Å². The van der Waals surface area contributed by atoms with Crippen molar-refractivity contribution in [2.45, 2.75) is 25.7 Å². The maximum Gasteiger partial charge on any atom is 0.407 e. The van der Waals surface area contributed by atoms with Crippen LogP contribution in [-0.2, 0) is 0 Å². The number of hydrogen-bond acceptors (Lipinski definition) is 4. The summed E-state index contributed by atoms with van der Waals surface area (Å²) in [6.07, 6.45) is 4.29. The van der Waals surface area contributed by atoms with E-state index in [0.717, 1.165) is 44.1 Å². The Bertz CT molecular complexity index is 535. The lowest BCUT2D eigenvalue weighted by molar-refractivity contribution is 0.142. The van der Waals surface area contributed by atoms with Crippen LogP contribution in [0, 0.1) is 0 Å². The molecule has 6 heteroatoms. The summed E-state index contributed by atoms with van der Waals surface area (Å²) in [5.41, 5.74) is 1.13. The third-order valence-electron chi connectivity index (χ3n) is 5.09. The highest BCUT2D eigenvalue weighted by Gasteiger charge is 2.20. The molecule has 0 unspecified atom stereocenters. The van der Waals surface area contributed by atoms with Crippen LogP contribution in [0.15, 0.2) is 24.3 Å². The number of ether oxygens (including phenoxy) is 1. The van der Waals surface area contributed by atoms with E-state index in [0.29, 0.717) is 13.1 Å². The van der Waals surface area contributed by atoms with Crippen molar-refractivity contribution in [2.24, 2.45) is 0 Å². The molecule has 0 radical (unpaired) electrons. The highest BCUT2D eigenvalue weighted by Crippen LogP contribution is 2.21. The van der Waals surface area contributed by atoms with E-state index in [-0.39, 0.29) is 0 Å². The predicted octanol–water partition coefficient (Wildman–Crippen LogP) is 2.74. The zero-order valence-corrected chi connectivity index (χ0v) is 14.9. The molecule has 1 N–H and O–H groups in total. The van der Waals surface area contributed by atoms with Crippen LogP contribution in [0.3, 0.4) is 0 Å². The fraction of sp³-hybridized carbons (Fsp3) is 0.632.